The lowest BCUT2D eigenvalue weighted by molar-refractivity contribution is -0.870. The van der Waals surface area contributed by atoms with Gasteiger partial charge in [0.05, 0.1) is 40.3 Å². The molecule has 9 heteroatoms. The van der Waals surface area contributed by atoms with Crippen molar-refractivity contribution in [2.24, 2.45) is 0 Å². The fourth-order valence-electron chi connectivity index (χ4n) is 10.9. The number of quaternary nitrogens is 1. The minimum absolute atomic E-state index is 0.136. The second kappa shape index (κ2) is 83.3. The molecule has 0 saturated heterocycles. The van der Waals surface area contributed by atoms with Gasteiger partial charge in [-0.2, -0.15) is 0 Å². The number of likely N-dealkylation sites (N-methyl/N-ethyl adjacent to an activating group) is 1. The number of carbonyl (C=O) groups excluding carboxylic acids is 3. The first-order valence-electron chi connectivity index (χ1n) is 41.9. The van der Waals surface area contributed by atoms with Gasteiger partial charge < -0.3 is 33.3 Å². The predicted molar refractivity (Wildman–Crippen MR) is 453 cm³/mol. The average molecular weight is 1450 g/mol. The maximum absolute atomic E-state index is 13.0. The molecule has 2 unspecified atom stereocenters. The molecule has 0 rings (SSSR count). The molecule has 0 aromatic heterocycles. The summed E-state index contributed by atoms with van der Waals surface area (Å²) < 4.78 is 22.9. The molecule has 0 saturated carbocycles. The van der Waals surface area contributed by atoms with E-state index in [1.165, 1.54) is 109 Å². The zero-order valence-corrected chi connectivity index (χ0v) is 67.5. The van der Waals surface area contributed by atoms with E-state index in [4.69, 9.17) is 18.9 Å². The van der Waals surface area contributed by atoms with Gasteiger partial charge in [0.1, 0.15) is 13.2 Å². The number of hydrogen-bond donors (Lipinski definition) is 0. The van der Waals surface area contributed by atoms with Crippen molar-refractivity contribution in [3.05, 3.63) is 219 Å². The van der Waals surface area contributed by atoms with E-state index in [0.717, 1.165) is 167 Å². The fourth-order valence-corrected chi connectivity index (χ4v) is 10.9. The highest BCUT2D eigenvalue weighted by molar-refractivity contribution is 5.70. The Morgan fingerprint density at radius 2 is 0.514 bits per heavy atom. The highest BCUT2D eigenvalue weighted by Crippen LogP contribution is 2.17. The standard InChI is InChI=1S/C96H153NO8/c1-6-8-10-12-14-16-18-20-22-24-26-28-30-32-34-36-38-40-42-44-46-47-49-51-53-55-57-59-61-63-65-67-69-71-73-75-77-79-81-83-85-87-94(99)105-92(91-104-96(95(100)101)102-89-88-97(3,4)5)90-103-93(98)86-84-82-80-78-76-74-72-70-68-66-64-62-60-58-56-54-52-50-48-45-43-41-39-37-35-33-31-29-27-25-23-21-19-17-15-13-11-9-7-2/h8-11,14-17,20-23,26-29,32-35,38-41,44-46,48-49,51,55,57,61,63,67,69,92,96H,6-7,12-13,18-19,24-25,30-31,36-37,42-43,47,50,52-54,56,58-60,62,64-66,68,70-91H2,1-5H3/b10-8-,11-9-,16-14-,17-15-,22-20-,23-21-,28-26-,29-27-,34-32-,35-33-,40-38-,41-39-,46-44-,48-45-,51-49-,57-55-,63-61-,69-67-. The molecule has 0 bridgehead atoms. The molecule has 0 radical (unpaired) electrons. The van der Waals surface area contributed by atoms with Gasteiger partial charge in [0.25, 0.3) is 0 Å². The molecule has 9 nitrogen and oxygen atoms in total. The van der Waals surface area contributed by atoms with E-state index in [9.17, 15) is 19.5 Å². The Kier molecular flexibility index (Phi) is 78.2. The summed E-state index contributed by atoms with van der Waals surface area (Å²) in [5.74, 6) is -2.31. The predicted octanol–water partition coefficient (Wildman–Crippen LogP) is 26.3. The first-order valence-corrected chi connectivity index (χ1v) is 41.9. The molecule has 0 fully saturated rings. The van der Waals surface area contributed by atoms with E-state index >= 15 is 0 Å². The summed E-state index contributed by atoms with van der Waals surface area (Å²) in [5.41, 5.74) is 0. The van der Waals surface area contributed by atoms with Gasteiger partial charge in [-0.15, -0.1) is 0 Å². The maximum atomic E-state index is 13.0. The van der Waals surface area contributed by atoms with Gasteiger partial charge in [-0.1, -0.05) is 361 Å². The van der Waals surface area contributed by atoms with E-state index in [0.29, 0.717) is 17.4 Å². The number of hydrogen-bond acceptors (Lipinski definition) is 8. The topological polar surface area (TPSA) is 111 Å². The van der Waals surface area contributed by atoms with Crippen LogP contribution in [0.1, 0.15) is 309 Å². The molecular formula is C96H153NO8. The second-order valence-corrected chi connectivity index (χ2v) is 28.3. The number of unbranched alkanes of at least 4 members (excludes halogenated alkanes) is 24. The molecule has 0 aromatic carbocycles. The molecule has 0 N–H and O–H groups in total. The minimum Gasteiger partial charge on any atom is -0.545 e. The fraction of sp³-hybridized carbons (Fsp3) is 0.594. The highest BCUT2D eigenvalue weighted by Gasteiger charge is 2.22. The van der Waals surface area contributed by atoms with Crippen molar-refractivity contribution in [3.8, 4) is 0 Å². The summed E-state index contributed by atoms with van der Waals surface area (Å²) >= 11 is 0. The van der Waals surface area contributed by atoms with Crippen molar-refractivity contribution < 1.29 is 42.9 Å². The summed E-state index contributed by atoms with van der Waals surface area (Å²) in [4.78, 5) is 37.7. The van der Waals surface area contributed by atoms with E-state index in [2.05, 4.69) is 233 Å². The Hall–Kier alpha value is -6.39. The summed E-state index contributed by atoms with van der Waals surface area (Å²) in [7, 11) is 5.92. The molecule has 0 aliphatic heterocycles. The number of carbonyl (C=O) groups is 3. The van der Waals surface area contributed by atoms with Crippen LogP contribution in [0, 0.1) is 0 Å². The molecule has 105 heavy (non-hydrogen) atoms. The Balaban J connectivity index is 4.11. The van der Waals surface area contributed by atoms with Gasteiger partial charge in [-0.05, 0) is 154 Å². The highest BCUT2D eigenvalue weighted by atomic mass is 16.7. The number of rotatable bonds is 75. The van der Waals surface area contributed by atoms with E-state index in [1.807, 2.05) is 21.1 Å². The molecule has 0 amide bonds. The van der Waals surface area contributed by atoms with Crippen LogP contribution in [0.4, 0.5) is 0 Å². The van der Waals surface area contributed by atoms with E-state index in [1.54, 1.807) is 0 Å². The molecule has 2 atom stereocenters. The number of carboxylic acid groups (broad SMARTS) is 1. The van der Waals surface area contributed by atoms with Crippen LogP contribution in [0.15, 0.2) is 219 Å². The zero-order chi connectivity index (χ0) is 76.0. The van der Waals surface area contributed by atoms with Gasteiger partial charge in [0, 0.05) is 12.8 Å². The third-order valence-electron chi connectivity index (χ3n) is 17.2. The number of allylic oxidation sites excluding steroid dienone is 36. The van der Waals surface area contributed by atoms with Crippen LogP contribution in [0.3, 0.4) is 0 Å². The van der Waals surface area contributed by atoms with Crippen LogP contribution in [-0.2, 0) is 33.3 Å². The third-order valence-corrected chi connectivity index (χ3v) is 17.2. The smallest absolute Gasteiger partial charge is 0.306 e. The van der Waals surface area contributed by atoms with Crippen molar-refractivity contribution >= 4 is 17.9 Å². The summed E-state index contributed by atoms with van der Waals surface area (Å²) in [6, 6.07) is 0. The first-order chi connectivity index (χ1) is 51.6. The number of carboxylic acids is 1. The largest absolute Gasteiger partial charge is 0.545 e. The summed E-state index contributed by atoms with van der Waals surface area (Å²) in [5, 5.41) is 11.9. The molecule has 0 aliphatic rings. The molecule has 0 heterocycles. The lowest BCUT2D eigenvalue weighted by Gasteiger charge is -2.26. The van der Waals surface area contributed by atoms with Crippen LogP contribution in [0.25, 0.3) is 0 Å². The monoisotopic (exact) mass is 1450 g/mol. The van der Waals surface area contributed by atoms with Gasteiger partial charge >= 0.3 is 11.9 Å². The number of aliphatic carboxylic acids is 1. The molecule has 0 aromatic rings. The Labute approximate surface area is 645 Å². The van der Waals surface area contributed by atoms with Crippen molar-refractivity contribution in [3.63, 3.8) is 0 Å². The Bertz CT molecular complexity index is 2550. The zero-order valence-electron chi connectivity index (χ0n) is 67.5. The van der Waals surface area contributed by atoms with Gasteiger partial charge in [0.15, 0.2) is 12.4 Å². The summed E-state index contributed by atoms with van der Waals surface area (Å²) in [6.07, 6.45) is 128. The van der Waals surface area contributed by atoms with Crippen molar-refractivity contribution in [1.82, 2.24) is 0 Å². The van der Waals surface area contributed by atoms with Crippen molar-refractivity contribution in [1.29, 1.82) is 0 Å². The van der Waals surface area contributed by atoms with Crippen LogP contribution in [0.5, 0.6) is 0 Å². The van der Waals surface area contributed by atoms with Gasteiger partial charge in [-0.3, -0.25) is 9.59 Å². The van der Waals surface area contributed by atoms with Crippen LogP contribution < -0.4 is 5.11 Å². The van der Waals surface area contributed by atoms with Crippen LogP contribution >= 0.6 is 0 Å². The lowest BCUT2D eigenvalue weighted by atomic mass is 10.0. The van der Waals surface area contributed by atoms with E-state index in [-0.39, 0.29) is 38.6 Å². The minimum atomic E-state index is -1.64. The van der Waals surface area contributed by atoms with Crippen molar-refractivity contribution in [2.45, 2.75) is 322 Å². The third kappa shape index (κ3) is 84.7. The number of esters is 2. The second-order valence-electron chi connectivity index (χ2n) is 28.3. The molecule has 590 valence electrons. The Morgan fingerprint density at radius 1 is 0.286 bits per heavy atom. The maximum Gasteiger partial charge on any atom is 0.306 e. The number of ether oxygens (including phenoxy) is 4. The van der Waals surface area contributed by atoms with Gasteiger partial charge in [0.2, 0.25) is 0 Å². The van der Waals surface area contributed by atoms with Gasteiger partial charge in [-0.25, -0.2) is 0 Å². The Morgan fingerprint density at radius 3 is 0.762 bits per heavy atom. The van der Waals surface area contributed by atoms with Crippen molar-refractivity contribution in [2.75, 3.05) is 47.5 Å². The average Bonchev–Trinajstić information content (AvgIpc) is 1.18. The van der Waals surface area contributed by atoms with Crippen LogP contribution in [-0.4, -0.2) is 82.3 Å². The molecule has 0 spiro atoms. The van der Waals surface area contributed by atoms with E-state index < -0.39 is 24.3 Å². The van der Waals surface area contributed by atoms with Crippen LogP contribution in [0.2, 0.25) is 0 Å². The SMILES string of the molecule is CC/C=C\C/C=C\C/C=C\C/C=C\C/C=C\C/C=C\C/C=C\C/C=C\C/C=C\C/C=C\C/C=C\CCCCCCCCCC(=O)OC(COC(=O)CCCCCCCCCCCCCCCCCCC/C=C\C/C=C\C/C=C\C/C=C\C/C=C\C/C=C\C/C=C\CC)COC(OCC[N+](C)(C)C)C(=O)[O-]. The normalized spacial score (nSPS) is 13.8. The molecular weight excluding hydrogens is 1300 g/mol. The first kappa shape index (κ1) is 98.6. The quantitative estimate of drug-likeness (QED) is 0.0195. The molecule has 0 aliphatic carbocycles. The number of nitrogens with zero attached hydrogens (tertiary/aromatic N) is 1. The lowest BCUT2D eigenvalue weighted by Crippen LogP contribution is -2.44. The summed E-state index contributed by atoms with van der Waals surface area (Å²) in [6.45, 7) is 4.50.